The number of rotatable bonds is 9. The molecule has 0 amide bonds. The number of benzene rings is 2. The van der Waals surface area contributed by atoms with E-state index < -0.39 is 34.7 Å². The maximum absolute atomic E-state index is 13.9. The van der Waals surface area contributed by atoms with Crippen LogP contribution in [-0.2, 0) is 17.4 Å². The molecule has 0 saturated carbocycles. The summed E-state index contributed by atoms with van der Waals surface area (Å²) in [5.74, 6) is -2.79. The molecule has 2 heterocycles. The van der Waals surface area contributed by atoms with E-state index in [0.717, 1.165) is 6.07 Å². The molecule has 0 N–H and O–H groups in total. The number of nitrogens with zero attached hydrogens (tertiary/aromatic N) is 1. The summed E-state index contributed by atoms with van der Waals surface area (Å²) in [6.07, 6.45) is -5.02. The average molecular weight is 519 g/mol. The molecule has 0 aliphatic rings. The predicted molar refractivity (Wildman–Crippen MR) is 122 cm³/mol. The third-order valence-corrected chi connectivity index (χ3v) is 4.99. The third-order valence-electron chi connectivity index (χ3n) is 4.99. The van der Waals surface area contributed by atoms with Crippen LogP contribution in [0.4, 0.5) is 13.2 Å². The molecule has 4 rings (SSSR count). The van der Waals surface area contributed by atoms with Crippen molar-refractivity contribution < 1.29 is 45.9 Å². The van der Waals surface area contributed by atoms with E-state index in [1.54, 1.807) is 13.0 Å². The van der Waals surface area contributed by atoms with Crippen LogP contribution in [0.25, 0.3) is 11.0 Å². The summed E-state index contributed by atoms with van der Waals surface area (Å²) >= 11 is 0. The molecule has 0 fully saturated rings. The van der Waals surface area contributed by atoms with Gasteiger partial charge >= 0.3 is 12.1 Å². The standard InChI is InChI=1S/C25H20F3NO8/c1-3-33-17-6-4-5-7-18(17)35-23-22(31)16-10-8-14(12-19(16)36-24(23)25(26,27)28)34-21(30)11-9-15-13-20(32-2)29-37-15/h4-8,10,12-13H,3,9,11H2,1-2H3. The zero-order valence-corrected chi connectivity index (χ0v) is 19.6. The molecule has 2 aromatic heterocycles. The van der Waals surface area contributed by atoms with Gasteiger partial charge in [-0.3, -0.25) is 9.59 Å². The monoisotopic (exact) mass is 519 g/mol. The molecule has 0 radical (unpaired) electrons. The van der Waals surface area contributed by atoms with E-state index in [-0.39, 0.29) is 48.0 Å². The van der Waals surface area contributed by atoms with Crippen LogP contribution in [0.2, 0.25) is 0 Å². The fourth-order valence-electron chi connectivity index (χ4n) is 3.33. The Balaban J connectivity index is 1.62. The topological polar surface area (TPSA) is 110 Å². The molecule has 0 spiro atoms. The normalized spacial score (nSPS) is 11.4. The number of carbonyl (C=O) groups is 1. The highest BCUT2D eigenvalue weighted by atomic mass is 19.4. The highest BCUT2D eigenvalue weighted by Crippen LogP contribution is 2.40. The molecule has 194 valence electrons. The first kappa shape index (κ1) is 25.6. The second kappa shape index (κ2) is 10.6. The summed E-state index contributed by atoms with van der Waals surface area (Å²) in [6, 6.07) is 11.0. The molecule has 0 bridgehead atoms. The molecule has 0 saturated heterocycles. The Morgan fingerprint density at radius 3 is 2.51 bits per heavy atom. The van der Waals surface area contributed by atoms with E-state index in [4.69, 9.17) is 27.9 Å². The summed E-state index contributed by atoms with van der Waals surface area (Å²) in [6.45, 7) is 1.92. The van der Waals surface area contributed by atoms with Gasteiger partial charge in [0.1, 0.15) is 17.1 Å². The number of aromatic nitrogens is 1. The van der Waals surface area contributed by atoms with Crippen LogP contribution in [0.15, 0.2) is 62.3 Å². The van der Waals surface area contributed by atoms with Gasteiger partial charge < -0.3 is 27.9 Å². The third kappa shape index (κ3) is 5.85. The number of ether oxygens (including phenoxy) is 4. The number of esters is 1. The number of aryl methyl sites for hydroxylation is 1. The van der Waals surface area contributed by atoms with Crippen LogP contribution >= 0.6 is 0 Å². The Morgan fingerprint density at radius 1 is 1.08 bits per heavy atom. The Labute approximate surface area is 207 Å². The number of hydrogen-bond acceptors (Lipinski definition) is 9. The van der Waals surface area contributed by atoms with Crippen LogP contribution in [0.3, 0.4) is 0 Å². The zero-order valence-electron chi connectivity index (χ0n) is 19.6. The van der Waals surface area contributed by atoms with Crippen molar-refractivity contribution in [3.05, 3.63) is 70.3 Å². The number of fused-ring (bicyclic) bond motifs is 1. The molecule has 0 aliphatic carbocycles. The predicted octanol–water partition coefficient (Wildman–Crippen LogP) is 5.54. The lowest BCUT2D eigenvalue weighted by Gasteiger charge is -2.15. The smallest absolute Gasteiger partial charge is 0.453 e. The maximum Gasteiger partial charge on any atom is 0.453 e. The number of para-hydroxylation sites is 2. The van der Waals surface area contributed by atoms with Gasteiger partial charge in [0.2, 0.25) is 11.2 Å². The van der Waals surface area contributed by atoms with Gasteiger partial charge in [0, 0.05) is 18.6 Å². The van der Waals surface area contributed by atoms with Crippen molar-refractivity contribution in [2.24, 2.45) is 0 Å². The van der Waals surface area contributed by atoms with Crippen LogP contribution in [0.5, 0.6) is 28.9 Å². The summed E-state index contributed by atoms with van der Waals surface area (Å²) in [4.78, 5) is 25.2. The number of methoxy groups -OCH3 is 1. The Bertz CT molecular complexity index is 1480. The van der Waals surface area contributed by atoms with E-state index >= 15 is 0 Å². The van der Waals surface area contributed by atoms with E-state index in [0.29, 0.717) is 5.76 Å². The van der Waals surface area contributed by atoms with Gasteiger partial charge in [0.05, 0.1) is 25.5 Å². The summed E-state index contributed by atoms with van der Waals surface area (Å²) < 4.78 is 72.4. The van der Waals surface area contributed by atoms with Crippen molar-refractivity contribution in [1.82, 2.24) is 5.16 Å². The molecule has 0 aliphatic heterocycles. The average Bonchev–Trinajstić information content (AvgIpc) is 3.33. The first-order chi connectivity index (χ1) is 17.7. The van der Waals surface area contributed by atoms with Gasteiger partial charge in [0.25, 0.3) is 11.6 Å². The van der Waals surface area contributed by atoms with Crippen LogP contribution < -0.4 is 24.4 Å². The van der Waals surface area contributed by atoms with Crippen molar-refractivity contribution in [2.45, 2.75) is 25.9 Å². The van der Waals surface area contributed by atoms with Crippen LogP contribution in [0.1, 0.15) is 24.9 Å². The van der Waals surface area contributed by atoms with E-state index in [9.17, 15) is 22.8 Å². The largest absolute Gasteiger partial charge is 0.490 e. The minimum Gasteiger partial charge on any atom is -0.490 e. The summed E-state index contributed by atoms with van der Waals surface area (Å²) in [5, 5.41) is 3.41. The molecule has 0 unspecified atom stereocenters. The molecule has 9 nitrogen and oxygen atoms in total. The maximum atomic E-state index is 13.9. The van der Waals surface area contributed by atoms with Crippen molar-refractivity contribution in [3.63, 3.8) is 0 Å². The Kier molecular flexibility index (Phi) is 7.37. The SMILES string of the molecule is CCOc1ccccc1Oc1c(C(F)(F)F)oc2cc(OC(=O)CCc3cc(OC)no3)ccc2c1=O. The fourth-order valence-corrected chi connectivity index (χ4v) is 3.33. The van der Waals surface area contributed by atoms with Gasteiger partial charge in [-0.15, -0.1) is 0 Å². The fraction of sp³-hybridized carbons (Fsp3) is 0.240. The van der Waals surface area contributed by atoms with E-state index in [2.05, 4.69) is 5.16 Å². The number of alkyl halides is 3. The summed E-state index contributed by atoms with van der Waals surface area (Å²) in [5.41, 5.74) is -1.50. The van der Waals surface area contributed by atoms with Crippen molar-refractivity contribution in [3.8, 4) is 28.9 Å². The van der Waals surface area contributed by atoms with Gasteiger partial charge in [0.15, 0.2) is 11.5 Å². The van der Waals surface area contributed by atoms with Gasteiger partial charge in [-0.1, -0.05) is 12.1 Å². The number of carbonyl (C=O) groups excluding carboxylic acids is 1. The lowest BCUT2D eigenvalue weighted by molar-refractivity contribution is -0.154. The van der Waals surface area contributed by atoms with Crippen molar-refractivity contribution >= 4 is 16.9 Å². The Morgan fingerprint density at radius 2 is 1.84 bits per heavy atom. The quantitative estimate of drug-likeness (QED) is 0.208. The van der Waals surface area contributed by atoms with Gasteiger partial charge in [-0.2, -0.15) is 13.2 Å². The second-order valence-corrected chi connectivity index (χ2v) is 7.54. The molecular weight excluding hydrogens is 499 g/mol. The first-order valence-electron chi connectivity index (χ1n) is 11.0. The van der Waals surface area contributed by atoms with E-state index in [1.165, 1.54) is 43.5 Å². The zero-order chi connectivity index (χ0) is 26.6. The minimum atomic E-state index is -5.06. The summed E-state index contributed by atoms with van der Waals surface area (Å²) in [7, 11) is 1.41. The molecule has 4 aromatic rings. The highest BCUT2D eigenvalue weighted by molar-refractivity contribution is 5.81. The van der Waals surface area contributed by atoms with Crippen LogP contribution in [0, 0.1) is 0 Å². The first-order valence-corrected chi connectivity index (χ1v) is 11.0. The number of hydrogen-bond donors (Lipinski definition) is 0. The second-order valence-electron chi connectivity index (χ2n) is 7.54. The number of halogens is 3. The minimum absolute atomic E-state index is 0.0866. The molecule has 12 heteroatoms. The Hall–Kier alpha value is -4.48. The lowest BCUT2D eigenvalue weighted by Crippen LogP contribution is -2.16. The van der Waals surface area contributed by atoms with Gasteiger partial charge in [-0.25, -0.2) is 0 Å². The van der Waals surface area contributed by atoms with Crippen LogP contribution in [-0.4, -0.2) is 24.8 Å². The molecular formula is C25H20F3NO8. The molecule has 2 aromatic carbocycles. The molecule has 37 heavy (non-hydrogen) atoms. The lowest BCUT2D eigenvalue weighted by atomic mass is 10.2. The molecule has 0 atom stereocenters. The van der Waals surface area contributed by atoms with Gasteiger partial charge in [-0.05, 0) is 36.3 Å². The van der Waals surface area contributed by atoms with Crippen molar-refractivity contribution in [1.29, 1.82) is 0 Å². The van der Waals surface area contributed by atoms with Crippen molar-refractivity contribution in [2.75, 3.05) is 13.7 Å². The highest BCUT2D eigenvalue weighted by Gasteiger charge is 2.40. The van der Waals surface area contributed by atoms with E-state index in [1.807, 2.05) is 0 Å².